The number of hydrogen-bond acceptors (Lipinski definition) is 4. The highest BCUT2D eigenvalue weighted by molar-refractivity contribution is 7.09. The van der Waals surface area contributed by atoms with Gasteiger partial charge in [-0.15, -0.1) is 11.3 Å². The van der Waals surface area contributed by atoms with Crippen molar-refractivity contribution in [3.63, 3.8) is 0 Å². The molecule has 2 heterocycles. The van der Waals surface area contributed by atoms with Gasteiger partial charge in [0.2, 0.25) is 0 Å². The Morgan fingerprint density at radius 3 is 2.84 bits per heavy atom. The third-order valence-corrected chi connectivity index (χ3v) is 3.68. The first kappa shape index (κ1) is 13.5. The van der Waals surface area contributed by atoms with Gasteiger partial charge in [-0.1, -0.05) is 6.07 Å². The molecular formula is C14H16N2O2S. The third-order valence-electron chi connectivity index (χ3n) is 2.82. The summed E-state index contributed by atoms with van der Waals surface area (Å²) in [5.41, 5.74) is 1.01. The lowest BCUT2D eigenvalue weighted by Crippen LogP contribution is -2.23. The van der Waals surface area contributed by atoms with Crippen molar-refractivity contribution in [2.45, 2.75) is 20.4 Å². The summed E-state index contributed by atoms with van der Waals surface area (Å²) in [7, 11) is 0. The Labute approximate surface area is 116 Å². The maximum absolute atomic E-state index is 11.1. The molecule has 100 valence electrons. The van der Waals surface area contributed by atoms with Crippen LogP contribution in [0.5, 0.6) is 0 Å². The molecule has 0 radical (unpaired) electrons. The van der Waals surface area contributed by atoms with Gasteiger partial charge in [-0.3, -0.25) is 0 Å². The van der Waals surface area contributed by atoms with Crippen molar-refractivity contribution in [3.05, 3.63) is 45.8 Å². The number of thiophene rings is 1. The predicted octanol–water partition coefficient (Wildman–Crippen LogP) is 3.18. The van der Waals surface area contributed by atoms with Crippen molar-refractivity contribution < 1.29 is 9.90 Å². The summed E-state index contributed by atoms with van der Waals surface area (Å²) in [5.74, 6) is -0.202. The van der Waals surface area contributed by atoms with E-state index in [0.717, 1.165) is 18.8 Å². The SMILES string of the molecule is CCN(Cc1cccs1)c1cc(C(=O)O)cc(C)n1. The van der Waals surface area contributed by atoms with Crippen molar-refractivity contribution in [2.24, 2.45) is 0 Å². The first-order valence-electron chi connectivity index (χ1n) is 6.09. The molecule has 5 heteroatoms. The normalized spacial score (nSPS) is 10.4. The van der Waals surface area contributed by atoms with Crippen LogP contribution in [0.3, 0.4) is 0 Å². The number of nitrogens with zero attached hydrogens (tertiary/aromatic N) is 2. The zero-order valence-corrected chi connectivity index (χ0v) is 11.8. The molecule has 2 rings (SSSR count). The van der Waals surface area contributed by atoms with Crippen LogP contribution in [-0.2, 0) is 6.54 Å². The van der Waals surface area contributed by atoms with Gasteiger partial charge in [-0.2, -0.15) is 0 Å². The summed E-state index contributed by atoms with van der Waals surface area (Å²) in [6.07, 6.45) is 0. The summed E-state index contributed by atoms with van der Waals surface area (Å²) in [5, 5.41) is 11.1. The number of carbonyl (C=O) groups is 1. The Hall–Kier alpha value is -1.88. The fraction of sp³-hybridized carbons (Fsp3) is 0.286. The van der Waals surface area contributed by atoms with Crippen LogP contribution in [0.2, 0.25) is 0 Å². The van der Waals surface area contributed by atoms with E-state index in [1.165, 1.54) is 4.88 Å². The Kier molecular flexibility index (Phi) is 4.16. The standard InChI is InChI=1S/C14H16N2O2S/c1-3-16(9-12-5-4-6-19-12)13-8-11(14(17)18)7-10(2)15-13/h4-8H,3,9H2,1-2H3,(H,17,18). The lowest BCUT2D eigenvalue weighted by Gasteiger charge is -2.22. The minimum absolute atomic E-state index is 0.284. The molecule has 0 bridgehead atoms. The average molecular weight is 276 g/mol. The topological polar surface area (TPSA) is 53.4 Å². The molecule has 0 unspecified atom stereocenters. The second-order valence-corrected chi connectivity index (χ2v) is 5.29. The van der Waals surface area contributed by atoms with Gasteiger partial charge in [0.15, 0.2) is 0 Å². The van der Waals surface area contributed by atoms with Crippen molar-refractivity contribution in [1.29, 1.82) is 0 Å². The van der Waals surface area contributed by atoms with Gasteiger partial charge in [0.25, 0.3) is 0 Å². The Morgan fingerprint density at radius 2 is 2.26 bits per heavy atom. The lowest BCUT2D eigenvalue weighted by molar-refractivity contribution is 0.0696. The molecule has 0 amide bonds. The number of carboxylic acid groups (broad SMARTS) is 1. The Bertz CT molecular complexity index is 567. The van der Waals surface area contributed by atoms with Crippen LogP contribution < -0.4 is 4.90 Å². The number of anilines is 1. The molecule has 0 spiro atoms. The highest BCUT2D eigenvalue weighted by atomic mass is 32.1. The zero-order chi connectivity index (χ0) is 13.8. The first-order valence-corrected chi connectivity index (χ1v) is 6.97. The summed E-state index contributed by atoms with van der Waals surface area (Å²) in [6, 6.07) is 7.30. The van der Waals surface area contributed by atoms with E-state index in [1.807, 2.05) is 25.3 Å². The van der Waals surface area contributed by atoms with Crippen molar-refractivity contribution in [1.82, 2.24) is 4.98 Å². The van der Waals surface area contributed by atoms with Crippen LogP contribution in [-0.4, -0.2) is 22.6 Å². The van der Waals surface area contributed by atoms with E-state index in [0.29, 0.717) is 5.82 Å². The molecule has 2 aromatic rings. The van der Waals surface area contributed by atoms with Crippen molar-refractivity contribution >= 4 is 23.1 Å². The van der Waals surface area contributed by atoms with Crippen LogP contribution >= 0.6 is 11.3 Å². The van der Waals surface area contributed by atoms with Crippen LogP contribution in [0.1, 0.15) is 27.9 Å². The molecule has 19 heavy (non-hydrogen) atoms. The molecule has 0 aliphatic heterocycles. The number of carboxylic acids is 1. The van der Waals surface area contributed by atoms with Crippen molar-refractivity contribution in [2.75, 3.05) is 11.4 Å². The van der Waals surface area contributed by atoms with Crippen molar-refractivity contribution in [3.8, 4) is 0 Å². The number of aryl methyl sites for hydroxylation is 1. The fourth-order valence-electron chi connectivity index (χ4n) is 1.88. The van der Waals surface area contributed by atoms with Gasteiger partial charge in [0, 0.05) is 17.1 Å². The fourth-order valence-corrected chi connectivity index (χ4v) is 2.60. The summed E-state index contributed by atoms with van der Waals surface area (Å²) >= 11 is 1.69. The molecule has 0 atom stereocenters. The molecule has 4 nitrogen and oxygen atoms in total. The number of pyridine rings is 1. The van der Waals surface area contributed by atoms with Gasteiger partial charge < -0.3 is 10.0 Å². The summed E-state index contributed by atoms with van der Waals surface area (Å²) in [6.45, 7) is 5.39. The smallest absolute Gasteiger partial charge is 0.335 e. The highest BCUT2D eigenvalue weighted by Crippen LogP contribution is 2.19. The lowest BCUT2D eigenvalue weighted by atomic mass is 10.2. The van der Waals surface area contributed by atoms with Gasteiger partial charge in [-0.25, -0.2) is 9.78 Å². The highest BCUT2D eigenvalue weighted by Gasteiger charge is 2.12. The minimum Gasteiger partial charge on any atom is -0.478 e. The van der Waals surface area contributed by atoms with Crippen LogP contribution in [0.15, 0.2) is 29.6 Å². The van der Waals surface area contributed by atoms with E-state index in [1.54, 1.807) is 23.5 Å². The van der Waals surface area contributed by atoms with Crippen LogP contribution in [0.25, 0.3) is 0 Å². The largest absolute Gasteiger partial charge is 0.478 e. The van der Waals surface area contributed by atoms with E-state index >= 15 is 0 Å². The van der Waals surface area contributed by atoms with E-state index in [2.05, 4.69) is 16.0 Å². The molecule has 0 aliphatic rings. The van der Waals surface area contributed by atoms with Gasteiger partial charge in [-0.05, 0) is 37.4 Å². The number of hydrogen-bond donors (Lipinski definition) is 1. The molecule has 0 fully saturated rings. The monoisotopic (exact) mass is 276 g/mol. The second kappa shape index (κ2) is 5.84. The van der Waals surface area contributed by atoms with Crippen LogP contribution in [0.4, 0.5) is 5.82 Å². The number of rotatable bonds is 5. The maximum Gasteiger partial charge on any atom is 0.335 e. The first-order chi connectivity index (χ1) is 9.10. The zero-order valence-electron chi connectivity index (χ0n) is 11.0. The summed E-state index contributed by atoms with van der Waals surface area (Å²) < 4.78 is 0. The van der Waals surface area contributed by atoms with Gasteiger partial charge in [0.1, 0.15) is 5.82 Å². The maximum atomic E-state index is 11.1. The molecule has 0 saturated heterocycles. The van der Waals surface area contributed by atoms with E-state index in [4.69, 9.17) is 5.11 Å². The molecule has 0 aliphatic carbocycles. The third kappa shape index (κ3) is 3.32. The number of aromatic carboxylic acids is 1. The molecule has 0 aromatic carbocycles. The summed E-state index contributed by atoms with van der Waals surface area (Å²) in [4.78, 5) is 18.8. The van der Waals surface area contributed by atoms with E-state index in [9.17, 15) is 4.79 Å². The van der Waals surface area contributed by atoms with Gasteiger partial charge in [0.05, 0.1) is 12.1 Å². The molecule has 1 N–H and O–H groups in total. The minimum atomic E-state index is -0.918. The Balaban J connectivity index is 2.29. The Morgan fingerprint density at radius 1 is 1.47 bits per heavy atom. The molecular weight excluding hydrogens is 260 g/mol. The molecule has 2 aromatic heterocycles. The predicted molar refractivity (Wildman–Crippen MR) is 77.0 cm³/mol. The van der Waals surface area contributed by atoms with Crippen LogP contribution in [0, 0.1) is 6.92 Å². The number of aromatic nitrogens is 1. The second-order valence-electron chi connectivity index (χ2n) is 4.25. The van der Waals surface area contributed by atoms with E-state index < -0.39 is 5.97 Å². The van der Waals surface area contributed by atoms with E-state index in [-0.39, 0.29) is 5.56 Å². The van der Waals surface area contributed by atoms with Gasteiger partial charge >= 0.3 is 5.97 Å². The quantitative estimate of drug-likeness (QED) is 0.911. The molecule has 0 saturated carbocycles. The average Bonchev–Trinajstić information content (AvgIpc) is 2.88.